The molecule has 0 saturated carbocycles. The number of nitrogens with zero attached hydrogens (tertiary/aromatic N) is 2. The quantitative estimate of drug-likeness (QED) is 0.699. The van der Waals surface area contributed by atoms with Crippen LogP contribution in [0.2, 0.25) is 0 Å². The van der Waals surface area contributed by atoms with Crippen molar-refractivity contribution in [1.82, 2.24) is 4.98 Å². The predicted molar refractivity (Wildman–Crippen MR) is 104 cm³/mol. The van der Waals surface area contributed by atoms with E-state index in [-0.39, 0.29) is 5.91 Å². The van der Waals surface area contributed by atoms with Gasteiger partial charge in [0.2, 0.25) is 5.91 Å². The lowest BCUT2D eigenvalue weighted by Crippen LogP contribution is -2.42. The molecule has 3 aromatic rings. The highest BCUT2D eigenvalue weighted by molar-refractivity contribution is 6.11. The summed E-state index contributed by atoms with van der Waals surface area (Å²) in [5.41, 5.74) is 5.40. The zero-order chi connectivity index (χ0) is 18.6. The van der Waals surface area contributed by atoms with E-state index in [2.05, 4.69) is 37.0 Å². The fraction of sp³-hybridized carbons (Fsp3) is 0.217. The molecule has 5 rings (SSSR count). The Labute approximate surface area is 158 Å². The normalized spacial score (nSPS) is 19.9. The van der Waals surface area contributed by atoms with E-state index in [9.17, 15) is 4.79 Å². The average molecular weight is 356 g/mol. The molecule has 1 unspecified atom stereocenters. The van der Waals surface area contributed by atoms with Gasteiger partial charge in [0.15, 0.2) is 0 Å². The molecule has 0 N–H and O–H groups in total. The number of anilines is 1. The second kappa shape index (κ2) is 5.68. The zero-order valence-corrected chi connectivity index (χ0v) is 15.4. The Kier molecular flexibility index (Phi) is 3.38. The molecule has 0 radical (unpaired) electrons. The minimum absolute atomic E-state index is 0.0661. The highest BCUT2D eigenvalue weighted by Gasteiger charge is 2.56. The van der Waals surface area contributed by atoms with Crippen molar-refractivity contribution < 1.29 is 9.53 Å². The molecular weight excluding hydrogens is 336 g/mol. The van der Waals surface area contributed by atoms with Crippen LogP contribution in [-0.4, -0.2) is 17.5 Å². The number of hydrogen-bond acceptors (Lipinski definition) is 3. The topological polar surface area (TPSA) is 42.4 Å². The minimum atomic E-state index is -0.765. The first-order valence-corrected chi connectivity index (χ1v) is 9.17. The van der Waals surface area contributed by atoms with Gasteiger partial charge in [0.05, 0.1) is 12.2 Å². The van der Waals surface area contributed by atoms with Gasteiger partial charge in [0.1, 0.15) is 17.8 Å². The highest BCUT2D eigenvalue weighted by atomic mass is 16.5. The first kappa shape index (κ1) is 16.1. The smallest absolute Gasteiger partial charge is 0.246 e. The molecule has 2 aliphatic heterocycles. The number of pyridine rings is 1. The number of aromatic nitrogens is 1. The Morgan fingerprint density at radius 3 is 2.63 bits per heavy atom. The maximum absolute atomic E-state index is 13.8. The minimum Gasteiger partial charge on any atom is -0.491 e. The summed E-state index contributed by atoms with van der Waals surface area (Å²) in [6.07, 6.45) is 1.76. The Morgan fingerprint density at radius 2 is 1.81 bits per heavy atom. The third kappa shape index (κ3) is 2.16. The number of carbonyl (C=O) groups is 1. The van der Waals surface area contributed by atoms with E-state index in [1.54, 1.807) is 6.20 Å². The predicted octanol–water partition coefficient (Wildman–Crippen LogP) is 3.92. The number of carbonyl (C=O) groups excluding carboxylic acids is 1. The number of hydrogen-bond donors (Lipinski definition) is 0. The number of para-hydroxylation sites is 1. The van der Waals surface area contributed by atoms with Crippen molar-refractivity contribution in [3.63, 3.8) is 0 Å². The summed E-state index contributed by atoms with van der Waals surface area (Å²) in [6, 6.07) is 18.0. The summed E-state index contributed by atoms with van der Waals surface area (Å²) in [6.45, 7) is 4.96. The van der Waals surface area contributed by atoms with Gasteiger partial charge in [-0.3, -0.25) is 9.78 Å². The fourth-order valence-electron chi connectivity index (χ4n) is 4.24. The third-order valence-electron chi connectivity index (χ3n) is 5.81. The van der Waals surface area contributed by atoms with Crippen molar-refractivity contribution in [1.29, 1.82) is 0 Å². The fourth-order valence-corrected chi connectivity index (χ4v) is 4.24. The van der Waals surface area contributed by atoms with Gasteiger partial charge >= 0.3 is 0 Å². The number of fused-ring (bicyclic) bond motifs is 4. The van der Waals surface area contributed by atoms with Gasteiger partial charge in [0.25, 0.3) is 0 Å². The first-order chi connectivity index (χ1) is 13.1. The second-order valence-corrected chi connectivity index (χ2v) is 7.36. The van der Waals surface area contributed by atoms with Crippen LogP contribution in [0.1, 0.15) is 27.9 Å². The van der Waals surface area contributed by atoms with Crippen LogP contribution >= 0.6 is 0 Å². The number of benzene rings is 2. The second-order valence-electron chi connectivity index (χ2n) is 7.36. The Bertz CT molecular complexity index is 1060. The van der Waals surface area contributed by atoms with Gasteiger partial charge in [-0.15, -0.1) is 0 Å². The standard InChI is InChI=1S/C23H20N2O2/c1-15-11-19-21(12-16(15)2)27-14-23(19)18-8-3-4-9-20(18)25(22(23)26)13-17-7-5-6-10-24-17/h3-12H,13-14H2,1-2H3. The van der Waals surface area contributed by atoms with Crippen LogP contribution in [-0.2, 0) is 16.8 Å². The van der Waals surface area contributed by atoms with Crippen LogP contribution in [0.3, 0.4) is 0 Å². The number of ether oxygens (including phenoxy) is 1. The Hall–Kier alpha value is -3.14. The first-order valence-electron chi connectivity index (χ1n) is 9.17. The van der Waals surface area contributed by atoms with Crippen LogP contribution in [0, 0.1) is 13.8 Å². The molecule has 0 aliphatic carbocycles. The van der Waals surface area contributed by atoms with Crippen LogP contribution < -0.4 is 9.64 Å². The molecule has 3 heterocycles. The van der Waals surface area contributed by atoms with Gasteiger partial charge in [0, 0.05) is 17.4 Å². The highest BCUT2D eigenvalue weighted by Crippen LogP contribution is 2.52. The number of rotatable bonds is 2. The van der Waals surface area contributed by atoms with Gasteiger partial charge in [-0.05, 0) is 54.8 Å². The molecule has 1 spiro atoms. The molecule has 4 heteroatoms. The van der Waals surface area contributed by atoms with Crippen molar-refractivity contribution >= 4 is 11.6 Å². The molecule has 134 valence electrons. The molecule has 2 aliphatic rings. The van der Waals surface area contributed by atoms with Crippen LogP contribution in [0.4, 0.5) is 5.69 Å². The Balaban J connectivity index is 1.68. The van der Waals surface area contributed by atoms with E-state index in [4.69, 9.17) is 4.74 Å². The molecule has 0 saturated heterocycles. The van der Waals surface area contributed by atoms with Gasteiger partial charge in [-0.1, -0.05) is 30.3 Å². The molecule has 0 fully saturated rings. The SMILES string of the molecule is Cc1cc2c(cc1C)C1(CO2)C(=O)N(Cc2ccccn2)c2ccccc21. The van der Waals surface area contributed by atoms with Crippen molar-refractivity contribution in [3.8, 4) is 5.75 Å². The monoisotopic (exact) mass is 356 g/mol. The molecule has 0 bridgehead atoms. The Morgan fingerprint density at radius 1 is 1.04 bits per heavy atom. The van der Waals surface area contributed by atoms with Crippen molar-refractivity contribution in [2.24, 2.45) is 0 Å². The molecule has 1 atom stereocenters. The average Bonchev–Trinajstić information content (AvgIpc) is 3.16. The lowest BCUT2D eigenvalue weighted by atomic mass is 9.76. The van der Waals surface area contributed by atoms with E-state index >= 15 is 0 Å². The maximum Gasteiger partial charge on any atom is 0.246 e. The van der Waals surface area contributed by atoms with E-state index in [1.165, 1.54) is 11.1 Å². The lowest BCUT2D eigenvalue weighted by Gasteiger charge is -2.23. The summed E-state index contributed by atoms with van der Waals surface area (Å²) in [5, 5.41) is 0. The summed E-state index contributed by atoms with van der Waals surface area (Å²) < 4.78 is 6.03. The van der Waals surface area contributed by atoms with Crippen LogP contribution in [0.15, 0.2) is 60.8 Å². The largest absolute Gasteiger partial charge is 0.491 e. The van der Waals surface area contributed by atoms with E-state index in [0.717, 1.165) is 28.3 Å². The lowest BCUT2D eigenvalue weighted by molar-refractivity contribution is -0.122. The van der Waals surface area contributed by atoms with Gasteiger partial charge < -0.3 is 9.64 Å². The summed E-state index contributed by atoms with van der Waals surface area (Å²) >= 11 is 0. The molecule has 2 aromatic carbocycles. The number of aryl methyl sites for hydroxylation is 2. The third-order valence-corrected chi connectivity index (χ3v) is 5.81. The molecule has 1 amide bonds. The van der Waals surface area contributed by atoms with Crippen molar-refractivity contribution in [3.05, 3.63) is 88.7 Å². The van der Waals surface area contributed by atoms with Crippen molar-refractivity contribution in [2.75, 3.05) is 11.5 Å². The molecule has 4 nitrogen and oxygen atoms in total. The summed E-state index contributed by atoms with van der Waals surface area (Å²) in [4.78, 5) is 20.0. The molecular formula is C23H20N2O2. The van der Waals surface area contributed by atoms with Crippen LogP contribution in [0.25, 0.3) is 0 Å². The van der Waals surface area contributed by atoms with E-state index in [0.29, 0.717) is 13.2 Å². The van der Waals surface area contributed by atoms with Crippen LogP contribution in [0.5, 0.6) is 5.75 Å². The van der Waals surface area contributed by atoms with Gasteiger partial charge in [-0.25, -0.2) is 0 Å². The zero-order valence-electron chi connectivity index (χ0n) is 15.4. The number of amides is 1. The molecule has 1 aromatic heterocycles. The maximum atomic E-state index is 13.8. The van der Waals surface area contributed by atoms with Gasteiger partial charge in [-0.2, -0.15) is 0 Å². The van der Waals surface area contributed by atoms with E-state index < -0.39 is 5.41 Å². The van der Waals surface area contributed by atoms with Crippen molar-refractivity contribution in [2.45, 2.75) is 25.8 Å². The molecule has 27 heavy (non-hydrogen) atoms. The summed E-state index contributed by atoms with van der Waals surface area (Å²) in [5.74, 6) is 0.886. The van der Waals surface area contributed by atoms with E-state index in [1.807, 2.05) is 41.3 Å². The summed E-state index contributed by atoms with van der Waals surface area (Å²) in [7, 11) is 0.